The summed E-state index contributed by atoms with van der Waals surface area (Å²) in [6.07, 6.45) is -4.70. The van der Waals surface area contributed by atoms with Crippen LogP contribution in [-0.4, -0.2) is 137 Å². The zero-order valence-corrected chi connectivity index (χ0v) is 43.0. The Morgan fingerprint density at radius 2 is 1.00 bits per heavy atom. The number of carbonyl (C=O) groups is 2. The molecule has 0 spiro atoms. The molecule has 4 aromatic heterocycles. The Labute approximate surface area is 438 Å². The van der Waals surface area contributed by atoms with Gasteiger partial charge in [-0.3, -0.25) is 29.5 Å². The Balaban J connectivity index is 0.000000226. The molecule has 4 aliphatic rings. The molecule has 0 saturated heterocycles. The van der Waals surface area contributed by atoms with Crippen molar-refractivity contribution in [3.05, 3.63) is 107 Å². The SMILES string of the molecule is C[C@@]12CCCN=[S@]1(=O)C[C@@](CF)(c1nc(CC(=O)c3ccc(OCC(F)(F)C(F)F)cn3)ccc1F)N=C2N.C[C@]12CCCN=[S@@]1(=O)C[C@@](CF)(c1nc(CC(=O)c3ccc(OCC(F)(F)C(F)F)cn3)ccc1F)N=C2N. The fourth-order valence-electron chi connectivity index (χ4n) is 8.84. The summed E-state index contributed by atoms with van der Waals surface area (Å²) in [6.45, 7) is -1.80. The summed E-state index contributed by atoms with van der Waals surface area (Å²) in [4.78, 5) is 49.9. The van der Waals surface area contributed by atoms with Gasteiger partial charge < -0.3 is 20.9 Å². The van der Waals surface area contributed by atoms with E-state index in [-0.39, 0.29) is 45.9 Å². The molecule has 4 aliphatic heterocycles. The highest BCUT2D eigenvalue weighted by Gasteiger charge is 2.56. The van der Waals surface area contributed by atoms with Crippen LogP contribution in [0, 0.1) is 11.6 Å². The molecule has 0 saturated carbocycles. The first-order valence-electron chi connectivity index (χ1n) is 23.6. The first-order valence-corrected chi connectivity index (χ1v) is 27.0. The van der Waals surface area contributed by atoms with Crippen molar-refractivity contribution in [2.24, 2.45) is 30.2 Å². The van der Waals surface area contributed by atoms with Crippen LogP contribution in [0.5, 0.6) is 11.5 Å². The van der Waals surface area contributed by atoms with Gasteiger partial charge in [0.2, 0.25) is 0 Å². The van der Waals surface area contributed by atoms with E-state index >= 15 is 0 Å². The van der Waals surface area contributed by atoms with E-state index in [1.54, 1.807) is 13.8 Å². The fraction of sp³-hybridized carbons (Fsp3) is 0.500. The van der Waals surface area contributed by atoms with Gasteiger partial charge in [0, 0.05) is 24.5 Å². The molecule has 78 heavy (non-hydrogen) atoms. The summed E-state index contributed by atoms with van der Waals surface area (Å²) < 4.78 is 204. The van der Waals surface area contributed by atoms with Crippen molar-refractivity contribution < 1.29 is 80.2 Å². The standard InChI is InChI=1S/2C24H25F6N5O3S/c2*1-22-7-2-8-33-39(22,37)13-23(11-25,35-21(22)31)19-16(26)5-3-14(34-19)9-18(36)17-6-4-15(10-32-17)38-12-24(29,30)20(27)28/h2*3-6,10,20H,2,7-9,11-13H2,1H3,(H2,31,35)/t22-,23+,39-;22-,23-,39-/m10/s1. The van der Waals surface area contributed by atoms with Crippen LogP contribution in [0.3, 0.4) is 0 Å². The van der Waals surface area contributed by atoms with E-state index in [0.29, 0.717) is 38.8 Å². The van der Waals surface area contributed by atoms with Crippen LogP contribution in [0.4, 0.5) is 52.7 Å². The van der Waals surface area contributed by atoms with Gasteiger partial charge in [-0.1, -0.05) is 0 Å². The number of alkyl halides is 10. The van der Waals surface area contributed by atoms with Gasteiger partial charge in [0.15, 0.2) is 24.8 Å². The van der Waals surface area contributed by atoms with Crippen molar-refractivity contribution >= 4 is 42.7 Å². The summed E-state index contributed by atoms with van der Waals surface area (Å²) >= 11 is 0. The minimum atomic E-state index is -4.36. The van der Waals surface area contributed by atoms with E-state index in [1.165, 1.54) is 12.1 Å². The third kappa shape index (κ3) is 11.6. The van der Waals surface area contributed by atoms with Crippen LogP contribution < -0.4 is 20.9 Å². The zero-order chi connectivity index (χ0) is 57.3. The number of ketones is 2. The average Bonchev–Trinajstić information content (AvgIpc) is 3.49. The molecule has 16 nitrogen and oxygen atoms in total. The van der Waals surface area contributed by atoms with Gasteiger partial charge in [-0.25, -0.2) is 62.2 Å². The number of rotatable bonds is 18. The second kappa shape index (κ2) is 22.4. The van der Waals surface area contributed by atoms with Gasteiger partial charge >= 0.3 is 24.7 Å². The largest absolute Gasteiger partial charge is 0.485 e. The summed E-state index contributed by atoms with van der Waals surface area (Å²) in [5, 5.41) is 0. The Kier molecular flexibility index (Phi) is 17.0. The molecular weight excluding hydrogens is 1100 g/mol. The Morgan fingerprint density at radius 3 is 1.32 bits per heavy atom. The van der Waals surface area contributed by atoms with Gasteiger partial charge in [-0.15, -0.1) is 0 Å². The number of Topliss-reactive ketones (excluding diaryl/α,β-unsaturated/α-hetero) is 2. The third-order valence-electron chi connectivity index (χ3n) is 13.6. The molecule has 4 aromatic rings. The number of hydrogen-bond donors (Lipinski definition) is 2. The Bertz CT molecular complexity index is 3040. The maximum atomic E-state index is 15.0. The molecule has 0 unspecified atom stereocenters. The van der Waals surface area contributed by atoms with Crippen molar-refractivity contribution in [2.75, 3.05) is 51.2 Å². The quantitative estimate of drug-likeness (QED) is 0.0718. The molecule has 0 radical (unpaired) electrons. The van der Waals surface area contributed by atoms with Crippen LogP contribution in [-0.2, 0) is 43.4 Å². The van der Waals surface area contributed by atoms with E-state index in [1.807, 2.05) is 0 Å². The molecule has 424 valence electrons. The fourth-order valence-corrected chi connectivity index (χ4v) is 14.6. The topological polar surface area (TPSA) is 240 Å². The summed E-state index contributed by atoms with van der Waals surface area (Å²) in [6, 6.07) is 8.85. The molecule has 0 amide bonds. The summed E-state index contributed by atoms with van der Waals surface area (Å²) in [5.74, 6) is -13.4. The van der Waals surface area contributed by atoms with E-state index < -0.39 is 150 Å². The third-order valence-corrected chi connectivity index (χ3v) is 20.2. The normalized spacial score (nSPS) is 26.9. The van der Waals surface area contributed by atoms with Gasteiger partial charge in [-0.05, 0) is 88.1 Å². The highest BCUT2D eigenvalue weighted by molar-refractivity contribution is 7.96. The molecular formula is C48H50F12N10O6S2. The lowest BCUT2D eigenvalue weighted by molar-refractivity contribution is -0.148. The maximum Gasteiger partial charge on any atom is 0.340 e. The smallest absolute Gasteiger partial charge is 0.340 e. The first kappa shape index (κ1) is 59.2. The number of aliphatic imine (C=N–C) groups is 2. The van der Waals surface area contributed by atoms with Crippen molar-refractivity contribution in [1.82, 2.24) is 19.9 Å². The van der Waals surface area contributed by atoms with Crippen molar-refractivity contribution in [3.63, 3.8) is 0 Å². The predicted octanol–water partition coefficient (Wildman–Crippen LogP) is 7.75. The van der Waals surface area contributed by atoms with Crippen LogP contribution in [0.15, 0.2) is 79.6 Å². The number of carbonyl (C=O) groups excluding carboxylic acids is 2. The minimum Gasteiger partial charge on any atom is -0.485 e. The second-order valence-electron chi connectivity index (χ2n) is 19.2. The summed E-state index contributed by atoms with van der Waals surface area (Å²) in [5.41, 5.74) is 7.17. The number of hydrogen-bond acceptors (Lipinski definition) is 16. The molecule has 30 heteroatoms. The predicted molar refractivity (Wildman–Crippen MR) is 260 cm³/mol. The molecule has 0 aromatic carbocycles. The van der Waals surface area contributed by atoms with Gasteiger partial charge in [0.05, 0.1) is 56.2 Å². The van der Waals surface area contributed by atoms with Gasteiger partial charge in [0.1, 0.15) is 91.5 Å². The molecule has 4 N–H and O–H groups in total. The zero-order valence-electron chi connectivity index (χ0n) is 41.4. The Morgan fingerprint density at radius 1 is 0.628 bits per heavy atom. The molecule has 0 bridgehead atoms. The highest BCUT2D eigenvalue weighted by Crippen LogP contribution is 2.44. The van der Waals surface area contributed by atoms with Crippen molar-refractivity contribution in [1.29, 1.82) is 0 Å². The first-order chi connectivity index (χ1) is 36.5. The minimum absolute atomic E-state index is 0.0283. The van der Waals surface area contributed by atoms with E-state index in [2.05, 4.69) is 48.1 Å². The van der Waals surface area contributed by atoms with Crippen LogP contribution in [0.25, 0.3) is 0 Å². The number of aromatic nitrogens is 4. The van der Waals surface area contributed by atoms with Crippen LogP contribution in [0.1, 0.15) is 83.3 Å². The Hall–Kier alpha value is -6.46. The lowest BCUT2D eigenvalue weighted by atomic mass is 9.95. The van der Waals surface area contributed by atoms with Crippen LogP contribution in [0.2, 0.25) is 0 Å². The maximum absolute atomic E-state index is 15.0. The lowest BCUT2D eigenvalue weighted by Gasteiger charge is -2.44. The van der Waals surface area contributed by atoms with Gasteiger partial charge in [-0.2, -0.15) is 17.6 Å². The number of ether oxygens (including phenoxy) is 2. The number of nitrogens with two attached hydrogens (primary N) is 2. The molecule has 8 heterocycles. The van der Waals surface area contributed by atoms with E-state index in [4.69, 9.17) is 11.5 Å². The van der Waals surface area contributed by atoms with E-state index in [9.17, 15) is 70.7 Å². The monoisotopic (exact) mass is 1150 g/mol. The highest BCUT2D eigenvalue weighted by atomic mass is 32.2. The molecule has 0 fully saturated rings. The number of pyridine rings is 4. The molecule has 6 atom stereocenters. The number of nitrogens with zero attached hydrogens (tertiary/aromatic N) is 8. The van der Waals surface area contributed by atoms with E-state index in [0.717, 1.165) is 48.8 Å². The van der Waals surface area contributed by atoms with Gasteiger partial charge in [0.25, 0.3) is 0 Å². The number of fused-ring (bicyclic) bond motifs is 2. The van der Waals surface area contributed by atoms with Crippen molar-refractivity contribution in [3.8, 4) is 11.5 Å². The van der Waals surface area contributed by atoms with Crippen molar-refractivity contribution in [2.45, 2.75) is 97.6 Å². The molecule has 8 rings (SSSR count). The lowest BCUT2D eigenvalue weighted by Crippen LogP contribution is -2.59. The number of amidine groups is 2. The number of halogens is 12. The van der Waals surface area contributed by atoms with Crippen LogP contribution >= 0.6 is 0 Å². The summed E-state index contributed by atoms with van der Waals surface area (Å²) in [7, 11) is -6.24. The second-order valence-corrected chi connectivity index (χ2v) is 24.7. The molecule has 0 aliphatic carbocycles. The average molecular weight is 1160 g/mol.